The monoisotopic (exact) mass is 296 g/mol. The summed E-state index contributed by atoms with van der Waals surface area (Å²) < 4.78 is 8.72. The van der Waals surface area contributed by atoms with E-state index in [1.54, 1.807) is 20.8 Å². The predicted molar refractivity (Wildman–Crippen MR) is 68.1 cm³/mol. The summed E-state index contributed by atoms with van der Waals surface area (Å²) in [7, 11) is 0. The highest BCUT2D eigenvalue weighted by molar-refractivity contribution is 6.35. The molecule has 1 atom stereocenters. The lowest BCUT2D eigenvalue weighted by molar-refractivity contribution is -0.373. The van der Waals surface area contributed by atoms with Gasteiger partial charge in [0.1, 0.15) is 17.5 Å². The van der Waals surface area contributed by atoms with Gasteiger partial charge in [-0.25, -0.2) is 19.4 Å². The highest BCUT2D eigenvalue weighted by atomic mass is 35.5. The molecule has 0 fully saturated rings. The molecule has 112 valence electrons. The summed E-state index contributed by atoms with van der Waals surface area (Å²) in [4.78, 5) is 32.4. The van der Waals surface area contributed by atoms with Gasteiger partial charge in [-0.3, -0.25) is 0 Å². The molecule has 19 heavy (non-hydrogen) atoms. The zero-order valence-corrected chi connectivity index (χ0v) is 12.9. The maximum Gasteiger partial charge on any atom is 0.435 e. The molecule has 0 aromatic heterocycles. The van der Waals surface area contributed by atoms with Gasteiger partial charge in [-0.15, -0.1) is 0 Å². The Bertz CT molecular complexity index is 321. The molecule has 0 saturated carbocycles. The molecule has 0 radical (unpaired) electrons. The van der Waals surface area contributed by atoms with Crippen molar-refractivity contribution in [1.82, 2.24) is 0 Å². The maximum atomic E-state index is 11.2. The average molecular weight is 297 g/mol. The maximum absolute atomic E-state index is 11.2. The summed E-state index contributed by atoms with van der Waals surface area (Å²) in [5, 5.41) is 0. The standard InChI is InChI=1S/C12H21ClO6/c1-8(18-19-11(2,3)4)7-12(5,6)16-9(14)10(15)17-13/h8H,7H2,1-6H3. The first kappa shape index (κ1) is 18.1. The van der Waals surface area contributed by atoms with Gasteiger partial charge in [0.25, 0.3) is 0 Å². The van der Waals surface area contributed by atoms with Crippen LogP contribution in [-0.2, 0) is 28.4 Å². The lowest BCUT2D eigenvalue weighted by Gasteiger charge is -2.28. The van der Waals surface area contributed by atoms with Gasteiger partial charge in [-0.2, -0.15) is 0 Å². The summed E-state index contributed by atoms with van der Waals surface area (Å²) in [5.41, 5.74) is -1.35. The topological polar surface area (TPSA) is 71.1 Å². The average Bonchev–Trinajstić information content (AvgIpc) is 2.22. The molecule has 0 spiro atoms. The molecule has 0 aromatic rings. The minimum Gasteiger partial charge on any atom is -0.451 e. The third kappa shape index (κ3) is 8.80. The number of halogens is 1. The molecule has 0 N–H and O–H groups in total. The molecule has 0 aromatic carbocycles. The van der Waals surface area contributed by atoms with Gasteiger partial charge < -0.3 is 9.03 Å². The molecule has 0 saturated heterocycles. The quantitative estimate of drug-likeness (QED) is 0.336. The van der Waals surface area contributed by atoms with Crippen molar-refractivity contribution in [3.63, 3.8) is 0 Å². The van der Waals surface area contributed by atoms with E-state index >= 15 is 0 Å². The predicted octanol–water partition coefficient (Wildman–Crippen LogP) is 2.53. The lowest BCUT2D eigenvalue weighted by Crippen LogP contribution is -2.36. The van der Waals surface area contributed by atoms with Crippen molar-refractivity contribution in [3.05, 3.63) is 0 Å². The lowest BCUT2D eigenvalue weighted by atomic mass is 10.0. The number of carbonyl (C=O) groups excluding carboxylic acids is 2. The Morgan fingerprint density at radius 3 is 2.05 bits per heavy atom. The van der Waals surface area contributed by atoms with Gasteiger partial charge in [-0.1, -0.05) is 0 Å². The van der Waals surface area contributed by atoms with Crippen LogP contribution in [0.3, 0.4) is 0 Å². The summed E-state index contributed by atoms with van der Waals surface area (Å²) in [6.07, 6.45) is 0.0127. The van der Waals surface area contributed by atoms with Crippen molar-refractivity contribution in [2.45, 2.75) is 65.3 Å². The summed E-state index contributed by atoms with van der Waals surface area (Å²) in [6, 6.07) is 0. The number of hydrogen-bond acceptors (Lipinski definition) is 6. The van der Waals surface area contributed by atoms with Gasteiger partial charge >= 0.3 is 11.9 Å². The Hall–Kier alpha value is -0.850. The van der Waals surface area contributed by atoms with Crippen LogP contribution < -0.4 is 0 Å². The third-order valence-corrected chi connectivity index (χ3v) is 1.99. The summed E-state index contributed by atoms with van der Waals surface area (Å²) in [5.74, 6) is -2.40. The first-order valence-corrected chi connectivity index (χ1v) is 6.18. The van der Waals surface area contributed by atoms with Crippen molar-refractivity contribution in [2.75, 3.05) is 0 Å². The fraction of sp³-hybridized carbons (Fsp3) is 0.833. The van der Waals surface area contributed by atoms with Gasteiger partial charge in [0.15, 0.2) is 0 Å². The van der Waals surface area contributed by atoms with Crippen molar-refractivity contribution < 1.29 is 28.4 Å². The molecular weight excluding hydrogens is 276 g/mol. The second kappa shape index (κ2) is 7.07. The Balaban J connectivity index is 4.28. The zero-order valence-electron chi connectivity index (χ0n) is 12.1. The number of esters is 1. The number of carbonyl (C=O) groups is 2. The van der Waals surface area contributed by atoms with Crippen LogP contribution in [-0.4, -0.2) is 29.2 Å². The van der Waals surface area contributed by atoms with Crippen molar-refractivity contribution >= 4 is 23.8 Å². The smallest absolute Gasteiger partial charge is 0.435 e. The van der Waals surface area contributed by atoms with Crippen LogP contribution in [0, 0.1) is 0 Å². The van der Waals surface area contributed by atoms with E-state index in [-0.39, 0.29) is 6.10 Å². The third-order valence-electron chi connectivity index (χ3n) is 1.85. The second-order valence-electron chi connectivity index (χ2n) is 5.82. The van der Waals surface area contributed by atoms with E-state index in [9.17, 15) is 9.59 Å². The van der Waals surface area contributed by atoms with E-state index in [2.05, 4.69) is 4.29 Å². The molecule has 0 bridgehead atoms. The molecule has 0 aliphatic heterocycles. The molecule has 1 unspecified atom stereocenters. The van der Waals surface area contributed by atoms with E-state index in [0.717, 1.165) is 0 Å². The van der Waals surface area contributed by atoms with E-state index < -0.39 is 23.1 Å². The van der Waals surface area contributed by atoms with Crippen LogP contribution in [0.5, 0.6) is 0 Å². The van der Waals surface area contributed by atoms with Crippen LogP contribution >= 0.6 is 11.9 Å². The highest BCUT2D eigenvalue weighted by Crippen LogP contribution is 2.20. The van der Waals surface area contributed by atoms with Crippen LogP contribution in [0.1, 0.15) is 48.0 Å². The number of hydrogen-bond donors (Lipinski definition) is 0. The highest BCUT2D eigenvalue weighted by Gasteiger charge is 2.30. The minimum absolute atomic E-state index is 0.325. The van der Waals surface area contributed by atoms with Crippen LogP contribution in [0.4, 0.5) is 0 Å². The van der Waals surface area contributed by atoms with Crippen molar-refractivity contribution in [3.8, 4) is 0 Å². The van der Waals surface area contributed by atoms with Crippen molar-refractivity contribution in [1.29, 1.82) is 0 Å². The van der Waals surface area contributed by atoms with Crippen molar-refractivity contribution in [2.24, 2.45) is 0 Å². The Morgan fingerprint density at radius 1 is 1.11 bits per heavy atom. The zero-order chi connectivity index (χ0) is 15.3. The van der Waals surface area contributed by atoms with Gasteiger partial charge in [0.05, 0.1) is 11.7 Å². The molecule has 0 heterocycles. The van der Waals surface area contributed by atoms with Gasteiger partial charge in [0.2, 0.25) is 0 Å². The first-order chi connectivity index (χ1) is 8.47. The van der Waals surface area contributed by atoms with Crippen LogP contribution in [0.2, 0.25) is 0 Å². The van der Waals surface area contributed by atoms with Crippen LogP contribution in [0.25, 0.3) is 0 Å². The van der Waals surface area contributed by atoms with Gasteiger partial charge in [-0.05, 0) is 41.5 Å². The molecule has 0 rings (SSSR count). The SMILES string of the molecule is CC(CC(C)(C)OC(=O)C(=O)OCl)OOC(C)(C)C. The van der Waals surface area contributed by atoms with E-state index in [1.165, 1.54) is 0 Å². The van der Waals surface area contributed by atoms with E-state index in [4.69, 9.17) is 26.4 Å². The molecule has 0 aliphatic rings. The van der Waals surface area contributed by atoms with E-state index in [1.807, 2.05) is 20.8 Å². The molecule has 0 aliphatic carbocycles. The van der Waals surface area contributed by atoms with E-state index in [0.29, 0.717) is 6.42 Å². The minimum atomic E-state index is -1.26. The Kier molecular flexibility index (Phi) is 6.76. The van der Waals surface area contributed by atoms with Gasteiger partial charge in [0, 0.05) is 6.42 Å². The molecular formula is C12H21ClO6. The molecule has 6 nitrogen and oxygen atoms in total. The summed E-state index contributed by atoms with van der Waals surface area (Å²) in [6.45, 7) is 10.6. The normalized spacial score (nSPS) is 13.8. The van der Waals surface area contributed by atoms with Crippen LogP contribution in [0.15, 0.2) is 0 Å². The largest absolute Gasteiger partial charge is 0.451 e. The molecule has 0 amide bonds. The summed E-state index contributed by atoms with van der Waals surface area (Å²) >= 11 is 4.79. The second-order valence-corrected chi connectivity index (χ2v) is 5.97. The first-order valence-electron chi connectivity index (χ1n) is 5.87. The Labute approximate surface area is 118 Å². The Morgan fingerprint density at radius 2 is 1.63 bits per heavy atom. The number of ether oxygens (including phenoxy) is 1. The fourth-order valence-corrected chi connectivity index (χ4v) is 1.38. The number of rotatable bonds is 5. The fourth-order valence-electron chi connectivity index (χ4n) is 1.32. The molecule has 7 heteroatoms.